The van der Waals surface area contributed by atoms with E-state index in [0.29, 0.717) is 10.9 Å². The minimum atomic E-state index is -0.749. The molecule has 5 nitrogen and oxygen atoms in total. The minimum absolute atomic E-state index is 0.183. The van der Waals surface area contributed by atoms with Crippen molar-refractivity contribution in [3.63, 3.8) is 0 Å². The van der Waals surface area contributed by atoms with E-state index in [1.807, 2.05) is 33.8 Å². The Morgan fingerprint density at radius 3 is 2.79 bits per heavy atom. The van der Waals surface area contributed by atoms with Gasteiger partial charge in [-0.3, -0.25) is 10.1 Å². The van der Waals surface area contributed by atoms with Crippen molar-refractivity contribution in [1.82, 2.24) is 15.3 Å². The van der Waals surface area contributed by atoms with Crippen LogP contribution in [0.15, 0.2) is 17.4 Å². The van der Waals surface area contributed by atoms with Gasteiger partial charge in [0.25, 0.3) is 0 Å². The molecule has 0 aromatic carbocycles. The minimum Gasteiger partial charge on any atom is -0.468 e. The first kappa shape index (κ1) is 15.9. The maximum atomic E-state index is 11.9. The monoisotopic (exact) mass is 283 g/mol. The van der Waals surface area contributed by atoms with Gasteiger partial charge in [-0.1, -0.05) is 11.8 Å². The molecule has 6 heteroatoms. The molecule has 0 fully saturated rings. The van der Waals surface area contributed by atoms with E-state index in [1.165, 1.54) is 18.9 Å². The third-order valence-corrected chi connectivity index (χ3v) is 3.68. The summed E-state index contributed by atoms with van der Waals surface area (Å²) in [5.74, 6) is 0.239. The predicted octanol–water partition coefficient (Wildman–Crippen LogP) is 1.81. The maximum Gasteiger partial charge on any atom is 0.326 e. The van der Waals surface area contributed by atoms with E-state index in [9.17, 15) is 4.79 Å². The molecule has 1 heterocycles. The summed E-state index contributed by atoms with van der Waals surface area (Å²) in [6.45, 7) is 7.74. The van der Waals surface area contributed by atoms with Crippen LogP contribution in [0, 0.1) is 6.92 Å². The van der Waals surface area contributed by atoms with Crippen molar-refractivity contribution in [2.45, 2.75) is 44.4 Å². The standard InChI is InChI=1S/C13H21N3O2S/c1-9(2)16-13(4,11(17)18-5)8-19-12-14-7-6-10(3)15-12/h6-7,9,16H,8H2,1-5H3. The highest BCUT2D eigenvalue weighted by Crippen LogP contribution is 2.21. The SMILES string of the molecule is COC(=O)C(C)(CSc1nccc(C)n1)NC(C)C. The number of hydrogen-bond acceptors (Lipinski definition) is 6. The lowest BCUT2D eigenvalue weighted by Gasteiger charge is -2.29. The second-order valence-electron chi connectivity index (χ2n) is 4.89. The summed E-state index contributed by atoms with van der Waals surface area (Å²) in [4.78, 5) is 20.4. The number of rotatable bonds is 6. The number of hydrogen-bond donors (Lipinski definition) is 1. The van der Waals surface area contributed by atoms with Crippen LogP contribution in [0.2, 0.25) is 0 Å². The van der Waals surface area contributed by atoms with Crippen molar-refractivity contribution >= 4 is 17.7 Å². The normalized spacial score (nSPS) is 14.2. The predicted molar refractivity (Wildman–Crippen MR) is 76.2 cm³/mol. The number of thioether (sulfide) groups is 1. The summed E-state index contributed by atoms with van der Waals surface area (Å²) in [5.41, 5.74) is 0.162. The number of aryl methyl sites for hydroxylation is 1. The van der Waals surface area contributed by atoms with Crippen LogP contribution in [0.1, 0.15) is 26.5 Å². The molecular weight excluding hydrogens is 262 g/mol. The first-order chi connectivity index (χ1) is 8.87. The fourth-order valence-electron chi connectivity index (χ4n) is 1.73. The van der Waals surface area contributed by atoms with Crippen LogP contribution in [0.5, 0.6) is 0 Å². The second kappa shape index (κ2) is 6.86. The summed E-state index contributed by atoms with van der Waals surface area (Å²) in [7, 11) is 1.40. The first-order valence-electron chi connectivity index (χ1n) is 6.16. The molecule has 0 aliphatic heterocycles. The second-order valence-corrected chi connectivity index (χ2v) is 5.83. The van der Waals surface area contributed by atoms with Crippen molar-refractivity contribution in [2.75, 3.05) is 12.9 Å². The van der Waals surface area contributed by atoms with Crippen LogP contribution in [-0.2, 0) is 9.53 Å². The Bertz CT molecular complexity index is 440. The van der Waals surface area contributed by atoms with Gasteiger partial charge in [-0.05, 0) is 33.8 Å². The molecule has 0 aliphatic carbocycles. The Balaban J connectivity index is 2.75. The average molecular weight is 283 g/mol. The van der Waals surface area contributed by atoms with Gasteiger partial charge in [0.05, 0.1) is 7.11 Å². The van der Waals surface area contributed by atoms with Crippen molar-refractivity contribution in [3.05, 3.63) is 18.0 Å². The van der Waals surface area contributed by atoms with E-state index >= 15 is 0 Å². The van der Waals surface area contributed by atoms with Gasteiger partial charge in [-0.15, -0.1) is 0 Å². The molecule has 19 heavy (non-hydrogen) atoms. The molecule has 0 radical (unpaired) electrons. The average Bonchev–Trinajstić information content (AvgIpc) is 2.34. The molecule has 1 atom stereocenters. The number of nitrogens with zero attached hydrogens (tertiary/aromatic N) is 2. The topological polar surface area (TPSA) is 64.1 Å². The third-order valence-electron chi connectivity index (χ3n) is 2.51. The lowest BCUT2D eigenvalue weighted by molar-refractivity contribution is -0.147. The van der Waals surface area contributed by atoms with Crippen LogP contribution in [-0.4, -0.2) is 40.4 Å². The van der Waals surface area contributed by atoms with E-state index in [2.05, 4.69) is 15.3 Å². The van der Waals surface area contributed by atoms with E-state index in [0.717, 1.165) is 5.69 Å². The van der Waals surface area contributed by atoms with Crippen molar-refractivity contribution in [2.24, 2.45) is 0 Å². The molecule has 1 aromatic rings. The maximum absolute atomic E-state index is 11.9. The van der Waals surface area contributed by atoms with E-state index in [4.69, 9.17) is 4.74 Å². The van der Waals surface area contributed by atoms with Gasteiger partial charge in [0.1, 0.15) is 5.54 Å². The zero-order valence-corrected chi connectivity index (χ0v) is 12.9. The smallest absolute Gasteiger partial charge is 0.326 e. The Morgan fingerprint density at radius 2 is 2.26 bits per heavy atom. The molecule has 1 unspecified atom stereocenters. The van der Waals surface area contributed by atoms with E-state index < -0.39 is 5.54 Å². The zero-order chi connectivity index (χ0) is 14.5. The lowest BCUT2D eigenvalue weighted by Crippen LogP contribution is -2.54. The van der Waals surface area contributed by atoms with Crippen molar-refractivity contribution in [3.8, 4) is 0 Å². The Labute approximate surface area is 118 Å². The van der Waals surface area contributed by atoms with Gasteiger partial charge in [-0.25, -0.2) is 9.97 Å². The summed E-state index contributed by atoms with van der Waals surface area (Å²) >= 11 is 1.44. The largest absolute Gasteiger partial charge is 0.468 e. The summed E-state index contributed by atoms with van der Waals surface area (Å²) in [5, 5.41) is 3.91. The van der Waals surface area contributed by atoms with Gasteiger partial charge >= 0.3 is 5.97 Å². The number of methoxy groups -OCH3 is 1. The molecule has 0 bridgehead atoms. The van der Waals surface area contributed by atoms with Crippen LogP contribution in [0.25, 0.3) is 0 Å². The van der Waals surface area contributed by atoms with Crippen LogP contribution in [0.3, 0.4) is 0 Å². The highest BCUT2D eigenvalue weighted by molar-refractivity contribution is 7.99. The molecular formula is C13H21N3O2S. The van der Waals surface area contributed by atoms with Gasteiger partial charge < -0.3 is 4.74 Å². The molecule has 1 aromatic heterocycles. The van der Waals surface area contributed by atoms with Crippen molar-refractivity contribution < 1.29 is 9.53 Å². The quantitative estimate of drug-likeness (QED) is 0.488. The highest BCUT2D eigenvalue weighted by Gasteiger charge is 2.35. The zero-order valence-electron chi connectivity index (χ0n) is 12.1. The molecule has 0 spiro atoms. The molecule has 1 N–H and O–H groups in total. The number of esters is 1. The number of nitrogens with one attached hydrogen (secondary N) is 1. The fraction of sp³-hybridized carbons (Fsp3) is 0.615. The van der Waals surface area contributed by atoms with Crippen LogP contribution < -0.4 is 5.32 Å². The number of ether oxygens (including phenoxy) is 1. The summed E-state index contributed by atoms with van der Waals surface area (Å²) in [6, 6.07) is 2.03. The van der Waals surface area contributed by atoms with E-state index in [-0.39, 0.29) is 12.0 Å². The Kier molecular flexibility index (Phi) is 5.75. The van der Waals surface area contributed by atoms with Crippen molar-refractivity contribution in [1.29, 1.82) is 0 Å². The molecule has 1 rings (SSSR count). The lowest BCUT2D eigenvalue weighted by atomic mass is 10.0. The number of carbonyl (C=O) groups excluding carboxylic acids is 1. The molecule has 0 saturated heterocycles. The third kappa shape index (κ3) is 4.80. The Hall–Kier alpha value is -1.14. The molecule has 106 valence electrons. The molecule has 0 aliphatic rings. The summed E-state index contributed by atoms with van der Waals surface area (Å²) < 4.78 is 4.87. The first-order valence-corrected chi connectivity index (χ1v) is 7.14. The number of aromatic nitrogens is 2. The Morgan fingerprint density at radius 1 is 1.58 bits per heavy atom. The number of carbonyl (C=O) groups is 1. The van der Waals surface area contributed by atoms with Gasteiger partial charge in [0, 0.05) is 23.7 Å². The highest BCUT2D eigenvalue weighted by atomic mass is 32.2. The van der Waals surface area contributed by atoms with Crippen LogP contribution >= 0.6 is 11.8 Å². The van der Waals surface area contributed by atoms with E-state index in [1.54, 1.807) is 6.20 Å². The van der Waals surface area contributed by atoms with Gasteiger partial charge in [0.2, 0.25) is 0 Å². The van der Waals surface area contributed by atoms with Gasteiger partial charge in [0.15, 0.2) is 5.16 Å². The van der Waals surface area contributed by atoms with Crippen LogP contribution in [0.4, 0.5) is 0 Å². The molecule has 0 saturated carbocycles. The van der Waals surface area contributed by atoms with Gasteiger partial charge in [-0.2, -0.15) is 0 Å². The summed E-state index contributed by atoms with van der Waals surface area (Å²) in [6.07, 6.45) is 1.72. The fourth-order valence-corrected chi connectivity index (χ4v) is 2.69. The molecule has 0 amide bonds.